The molecule has 9 nitrogen and oxygen atoms in total. The topological polar surface area (TPSA) is 106 Å². The first-order valence-corrected chi connectivity index (χ1v) is 9.55. The summed E-state index contributed by atoms with van der Waals surface area (Å²) in [6.07, 6.45) is 4.44. The Kier molecular flexibility index (Phi) is 5.40. The minimum Gasteiger partial charge on any atom is -0.456 e. The number of benzene rings is 1. The third-order valence-electron chi connectivity index (χ3n) is 4.62. The summed E-state index contributed by atoms with van der Waals surface area (Å²) in [5.74, 6) is 0.730. The molecule has 1 N–H and O–H groups in total. The van der Waals surface area contributed by atoms with Crippen molar-refractivity contribution in [2.45, 2.75) is 13.5 Å². The average molecular weight is 419 g/mol. The molecule has 1 aromatic carbocycles. The van der Waals surface area contributed by atoms with E-state index in [1.54, 1.807) is 23.0 Å². The Balaban J connectivity index is 1.48. The van der Waals surface area contributed by atoms with Gasteiger partial charge in [0, 0.05) is 38.5 Å². The van der Waals surface area contributed by atoms with E-state index in [1.165, 1.54) is 19.5 Å². The van der Waals surface area contributed by atoms with Crippen LogP contribution in [0.15, 0.2) is 64.0 Å². The first-order valence-electron chi connectivity index (χ1n) is 9.55. The van der Waals surface area contributed by atoms with Crippen molar-refractivity contribution in [3.05, 3.63) is 72.4 Å². The summed E-state index contributed by atoms with van der Waals surface area (Å²) in [6, 6.07) is 11.0. The van der Waals surface area contributed by atoms with E-state index in [-0.39, 0.29) is 11.5 Å². The summed E-state index contributed by atoms with van der Waals surface area (Å²) >= 11 is 0. The van der Waals surface area contributed by atoms with Gasteiger partial charge in [-0.25, -0.2) is 4.98 Å². The monoisotopic (exact) mass is 419 g/mol. The van der Waals surface area contributed by atoms with Crippen LogP contribution in [0, 0.1) is 0 Å². The van der Waals surface area contributed by atoms with E-state index < -0.39 is 5.91 Å². The molecule has 0 saturated heterocycles. The van der Waals surface area contributed by atoms with E-state index in [1.807, 2.05) is 43.3 Å². The third kappa shape index (κ3) is 4.40. The molecule has 0 unspecified atom stereocenters. The molecular weight excluding hydrogens is 398 g/mol. The van der Waals surface area contributed by atoms with Crippen molar-refractivity contribution in [3.8, 4) is 11.3 Å². The number of hydrogen-bond donors (Lipinski definition) is 1. The second-order valence-corrected chi connectivity index (χ2v) is 7.18. The number of aromatic nitrogens is 3. The van der Waals surface area contributed by atoms with Crippen LogP contribution in [-0.4, -0.2) is 40.6 Å². The van der Waals surface area contributed by atoms with E-state index in [4.69, 9.17) is 8.83 Å². The van der Waals surface area contributed by atoms with Gasteiger partial charge in [-0.1, -0.05) is 12.1 Å². The number of carbonyl (C=O) groups excluding carboxylic acids is 2. The molecule has 0 fully saturated rings. The maximum atomic E-state index is 12.8. The molecule has 0 saturated carbocycles. The summed E-state index contributed by atoms with van der Waals surface area (Å²) in [7, 11) is 3.88. The standard InChI is InChI=1S/C22H21N5O4/c1-14(28)19-8-7-18(31-19)12-27-11-16(10-24-27)25-22(29)20-21(30-13-23-20)15-5-4-6-17(9-15)26(2)3/h4-11,13H,12H2,1-3H3,(H,25,29). The summed E-state index contributed by atoms with van der Waals surface area (Å²) in [4.78, 5) is 30.2. The zero-order valence-electron chi connectivity index (χ0n) is 17.3. The molecule has 31 heavy (non-hydrogen) atoms. The molecule has 0 atom stereocenters. The second kappa shape index (κ2) is 8.31. The van der Waals surface area contributed by atoms with Gasteiger partial charge in [-0.2, -0.15) is 5.10 Å². The Morgan fingerprint density at radius 3 is 2.77 bits per heavy atom. The molecule has 3 aromatic heterocycles. The molecule has 4 aromatic rings. The van der Waals surface area contributed by atoms with Gasteiger partial charge in [0.05, 0.1) is 18.4 Å². The van der Waals surface area contributed by atoms with Crippen molar-refractivity contribution in [2.75, 3.05) is 24.3 Å². The van der Waals surface area contributed by atoms with Crippen LogP contribution < -0.4 is 10.2 Å². The molecule has 0 aliphatic carbocycles. The minimum absolute atomic E-state index is 0.140. The lowest BCUT2D eigenvalue weighted by molar-refractivity contribution is 0.0983. The highest BCUT2D eigenvalue weighted by Crippen LogP contribution is 2.27. The fraction of sp³-hybridized carbons (Fsp3) is 0.182. The van der Waals surface area contributed by atoms with Crippen molar-refractivity contribution < 1.29 is 18.4 Å². The first-order chi connectivity index (χ1) is 14.9. The van der Waals surface area contributed by atoms with Gasteiger partial charge in [-0.3, -0.25) is 14.3 Å². The Bertz CT molecular complexity index is 1230. The SMILES string of the molecule is CC(=O)c1ccc(Cn2cc(NC(=O)c3ncoc3-c3cccc(N(C)C)c3)cn2)o1. The molecule has 0 spiro atoms. The first kappa shape index (κ1) is 20.1. The lowest BCUT2D eigenvalue weighted by Gasteiger charge is -2.13. The number of amides is 1. The van der Waals surface area contributed by atoms with Gasteiger partial charge < -0.3 is 19.1 Å². The highest BCUT2D eigenvalue weighted by Gasteiger charge is 2.19. The molecule has 3 heterocycles. The van der Waals surface area contributed by atoms with E-state index in [0.29, 0.717) is 29.5 Å². The third-order valence-corrected chi connectivity index (χ3v) is 4.62. The fourth-order valence-corrected chi connectivity index (χ4v) is 3.05. The second-order valence-electron chi connectivity index (χ2n) is 7.18. The molecule has 4 rings (SSSR count). The maximum absolute atomic E-state index is 12.8. The lowest BCUT2D eigenvalue weighted by Crippen LogP contribution is -2.13. The number of anilines is 2. The van der Waals surface area contributed by atoms with Crippen LogP contribution in [0.3, 0.4) is 0 Å². The van der Waals surface area contributed by atoms with Crippen molar-refractivity contribution in [2.24, 2.45) is 0 Å². The predicted molar refractivity (Wildman–Crippen MR) is 114 cm³/mol. The zero-order valence-corrected chi connectivity index (χ0v) is 17.3. The Hall–Kier alpha value is -4.14. The molecule has 0 radical (unpaired) electrons. The van der Waals surface area contributed by atoms with Crippen LogP contribution in [0.25, 0.3) is 11.3 Å². The van der Waals surface area contributed by atoms with Gasteiger partial charge in [0.15, 0.2) is 29.4 Å². The molecule has 9 heteroatoms. The fourth-order valence-electron chi connectivity index (χ4n) is 3.05. The van der Waals surface area contributed by atoms with Crippen molar-refractivity contribution >= 4 is 23.1 Å². The summed E-state index contributed by atoms with van der Waals surface area (Å²) in [5, 5.41) is 7.00. The van der Waals surface area contributed by atoms with Crippen molar-refractivity contribution in [1.82, 2.24) is 14.8 Å². The molecule has 158 valence electrons. The number of ketones is 1. The summed E-state index contributed by atoms with van der Waals surface area (Å²) in [5.41, 5.74) is 2.41. The number of nitrogens with zero attached hydrogens (tertiary/aromatic N) is 4. The van der Waals surface area contributed by atoms with Gasteiger partial charge >= 0.3 is 0 Å². The quantitative estimate of drug-likeness (QED) is 0.455. The van der Waals surface area contributed by atoms with E-state index >= 15 is 0 Å². The molecule has 1 amide bonds. The van der Waals surface area contributed by atoms with Crippen molar-refractivity contribution in [3.63, 3.8) is 0 Å². The van der Waals surface area contributed by atoms with Gasteiger partial charge in [0.25, 0.3) is 5.91 Å². The van der Waals surface area contributed by atoms with E-state index in [2.05, 4.69) is 15.4 Å². The van der Waals surface area contributed by atoms with Gasteiger partial charge in [0.1, 0.15) is 5.76 Å². The zero-order chi connectivity index (χ0) is 22.0. The lowest BCUT2D eigenvalue weighted by atomic mass is 10.1. The van der Waals surface area contributed by atoms with Crippen LogP contribution in [0.2, 0.25) is 0 Å². The number of Topliss-reactive ketones (excluding diaryl/α,β-unsaturated/α-hetero) is 1. The van der Waals surface area contributed by atoms with Crippen molar-refractivity contribution in [1.29, 1.82) is 0 Å². The van der Waals surface area contributed by atoms with Crippen LogP contribution in [0.5, 0.6) is 0 Å². The van der Waals surface area contributed by atoms with Gasteiger partial charge in [-0.05, 0) is 24.3 Å². The Labute approximate surface area is 178 Å². The Morgan fingerprint density at radius 1 is 1.19 bits per heavy atom. The molecular formula is C22H21N5O4. The smallest absolute Gasteiger partial charge is 0.278 e. The number of hydrogen-bond acceptors (Lipinski definition) is 7. The van der Waals surface area contributed by atoms with Crippen LogP contribution >= 0.6 is 0 Å². The number of rotatable bonds is 7. The van der Waals surface area contributed by atoms with Crippen LogP contribution in [0.1, 0.15) is 33.7 Å². The van der Waals surface area contributed by atoms with Crippen LogP contribution in [-0.2, 0) is 6.54 Å². The van der Waals surface area contributed by atoms with E-state index in [0.717, 1.165) is 11.3 Å². The average Bonchev–Trinajstić information content (AvgIpc) is 3.49. The number of oxazole rings is 1. The maximum Gasteiger partial charge on any atom is 0.278 e. The van der Waals surface area contributed by atoms with Gasteiger partial charge in [0.2, 0.25) is 0 Å². The number of nitrogens with one attached hydrogen (secondary N) is 1. The van der Waals surface area contributed by atoms with Crippen LogP contribution in [0.4, 0.5) is 11.4 Å². The predicted octanol–water partition coefficient (Wildman–Crippen LogP) is 3.70. The molecule has 0 aliphatic heterocycles. The Morgan fingerprint density at radius 2 is 2.03 bits per heavy atom. The summed E-state index contributed by atoms with van der Waals surface area (Å²) in [6.45, 7) is 1.77. The van der Waals surface area contributed by atoms with E-state index in [9.17, 15) is 9.59 Å². The van der Waals surface area contributed by atoms with Gasteiger partial charge in [-0.15, -0.1) is 0 Å². The number of carbonyl (C=O) groups is 2. The molecule has 0 bridgehead atoms. The highest BCUT2D eigenvalue weighted by molar-refractivity contribution is 6.06. The highest BCUT2D eigenvalue weighted by atomic mass is 16.3. The molecule has 0 aliphatic rings. The largest absolute Gasteiger partial charge is 0.456 e. The minimum atomic E-state index is -0.407. The summed E-state index contributed by atoms with van der Waals surface area (Å²) < 4.78 is 12.6. The normalized spacial score (nSPS) is 10.8. The number of furan rings is 1.